The summed E-state index contributed by atoms with van der Waals surface area (Å²) in [5.41, 5.74) is 1.15. The first-order valence-corrected chi connectivity index (χ1v) is 14.5. The molecule has 0 saturated carbocycles. The molecule has 2 amide bonds. The topological polar surface area (TPSA) is 98.8 Å². The predicted molar refractivity (Wildman–Crippen MR) is 154 cm³/mol. The van der Waals surface area contributed by atoms with Gasteiger partial charge < -0.3 is 38.8 Å². The van der Waals surface area contributed by atoms with Crippen LogP contribution in [0.15, 0.2) is 30.3 Å². The highest BCUT2D eigenvalue weighted by atomic mass is 32.2. The van der Waals surface area contributed by atoms with Crippen LogP contribution in [0.5, 0.6) is 28.7 Å². The molecule has 2 aliphatic rings. The van der Waals surface area contributed by atoms with Gasteiger partial charge in [-0.2, -0.15) is 0 Å². The van der Waals surface area contributed by atoms with E-state index in [1.807, 2.05) is 18.2 Å². The maximum atomic E-state index is 14.2. The van der Waals surface area contributed by atoms with Crippen molar-refractivity contribution in [1.82, 2.24) is 15.1 Å². The molecule has 1 N–H and O–H groups in total. The Hall–Kier alpha value is -3.31. The molecule has 0 aromatic heterocycles. The predicted octanol–water partition coefficient (Wildman–Crippen LogP) is 3.59. The largest absolute Gasteiger partial charge is 0.493 e. The second-order valence-electron chi connectivity index (χ2n) is 9.64. The van der Waals surface area contributed by atoms with Crippen LogP contribution in [-0.2, 0) is 4.79 Å². The first-order valence-electron chi connectivity index (χ1n) is 13.4. The highest BCUT2D eigenvalue weighted by Gasteiger charge is 2.43. The second-order valence-corrected chi connectivity index (χ2v) is 10.7. The Kier molecular flexibility index (Phi) is 10.3. The number of likely N-dealkylation sites (tertiary alicyclic amines) is 1. The minimum atomic E-state index is -0.670. The molecule has 2 atom stereocenters. The summed E-state index contributed by atoms with van der Waals surface area (Å²) in [6.07, 6.45) is 3.65. The Labute approximate surface area is 240 Å². The van der Waals surface area contributed by atoms with E-state index in [9.17, 15) is 9.59 Å². The van der Waals surface area contributed by atoms with Gasteiger partial charge in [-0.25, -0.2) is 0 Å². The van der Waals surface area contributed by atoms with Crippen molar-refractivity contribution in [3.05, 3.63) is 41.5 Å². The summed E-state index contributed by atoms with van der Waals surface area (Å²) in [6, 6.07) is 8.11. The molecular formula is C29H39N3O7S. The maximum Gasteiger partial charge on any atom is 0.256 e. The molecule has 2 aromatic rings. The number of ether oxygens (including phenoxy) is 5. The summed E-state index contributed by atoms with van der Waals surface area (Å²) < 4.78 is 27.3. The third kappa shape index (κ3) is 6.36. The smallest absolute Gasteiger partial charge is 0.256 e. The number of piperidine rings is 1. The average Bonchev–Trinajstić information content (AvgIpc) is 3.45. The van der Waals surface area contributed by atoms with E-state index in [0.29, 0.717) is 46.6 Å². The number of amides is 2. The third-order valence-corrected chi connectivity index (χ3v) is 8.64. The molecule has 2 unspecified atom stereocenters. The number of hydrogen-bond donors (Lipinski definition) is 1. The molecule has 0 aliphatic carbocycles. The molecule has 11 heteroatoms. The van der Waals surface area contributed by atoms with Crippen molar-refractivity contribution in [3.8, 4) is 28.7 Å². The van der Waals surface area contributed by atoms with Crippen LogP contribution in [0.1, 0.15) is 40.6 Å². The molecule has 2 saturated heterocycles. The number of nitrogens with one attached hydrogen (secondary N) is 1. The monoisotopic (exact) mass is 573 g/mol. The van der Waals surface area contributed by atoms with Gasteiger partial charge in [0.05, 0.1) is 35.5 Å². The fourth-order valence-electron chi connectivity index (χ4n) is 5.21. The molecule has 2 fully saturated rings. The number of thioether (sulfide) groups is 1. The van der Waals surface area contributed by atoms with E-state index in [-0.39, 0.29) is 11.8 Å². The molecule has 2 aromatic carbocycles. The summed E-state index contributed by atoms with van der Waals surface area (Å²) in [5, 5.41) is 2.66. The van der Waals surface area contributed by atoms with Crippen molar-refractivity contribution in [2.45, 2.75) is 30.7 Å². The second kappa shape index (κ2) is 13.8. The molecule has 10 nitrogen and oxygen atoms in total. The van der Waals surface area contributed by atoms with E-state index in [4.69, 9.17) is 23.7 Å². The Morgan fingerprint density at radius 1 is 0.850 bits per heavy atom. The minimum Gasteiger partial charge on any atom is -0.493 e. The third-order valence-electron chi connectivity index (χ3n) is 7.32. The number of rotatable bonds is 11. The molecule has 2 aliphatic heterocycles. The Morgan fingerprint density at radius 2 is 1.50 bits per heavy atom. The lowest BCUT2D eigenvalue weighted by Gasteiger charge is -2.30. The molecule has 0 radical (unpaired) electrons. The molecular weight excluding hydrogens is 534 g/mol. The standard InChI is InChI=1S/C29H39N3O7S/c1-35-22-10-9-19(15-23(22)36-2)29-32(28(34)20-16-24(37-3)26(39-5)25(17-20)38-4)21(18-40-29)27(33)30-11-14-31-12-7-6-8-13-31/h9-10,15-17,21,29H,6-8,11-14,18H2,1-5H3,(H,30,33). The Morgan fingerprint density at radius 3 is 2.10 bits per heavy atom. The Bertz CT molecular complexity index is 1160. The molecule has 2 heterocycles. The van der Waals surface area contributed by atoms with Crippen LogP contribution in [0.4, 0.5) is 0 Å². The van der Waals surface area contributed by atoms with Gasteiger partial charge in [0.15, 0.2) is 23.0 Å². The van der Waals surface area contributed by atoms with Crippen LogP contribution in [0, 0.1) is 0 Å². The van der Waals surface area contributed by atoms with Crippen LogP contribution in [0.3, 0.4) is 0 Å². The first-order chi connectivity index (χ1) is 19.4. The number of carbonyl (C=O) groups excluding carboxylic acids is 2. The van der Waals surface area contributed by atoms with Crippen LogP contribution in [0.2, 0.25) is 0 Å². The zero-order valence-electron chi connectivity index (χ0n) is 23.9. The number of hydrogen-bond acceptors (Lipinski definition) is 9. The van der Waals surface area contributed by atoms with Crippen molar-refractivity contribution in [2.75, 3.05) is 67.5 Å². The van der Waals surface area contributed by atoms with Crippen LogP contribution >= 0.6 is 11.8 Å². The Balaban J connectivity index is 1.65. The number of benzene rings is 2. The number of nitrogens with zero attached hydrogens (tertiary/aromatic N) is 2. The lowest BCUT2D eigenvalue weighted by atomic mass is 10.1. The van der Waals surface area contributed by atoms with E-state index in [1.54, 1.807) is 31.3 Å². The van der Waals surface area contributed by atoms with Gasteiger partial charge in [-0.3, -0.25) is 9.59 Å². The SMILES string of the molecule is COc1ccc(C2SCC(C(=O)NCCN3CCCCC3)N2C(=O)c2cc(OC)c(OC)c(OC)c2)cc1OC. The van der Waals surface area contributed by atoms with Crippen LogP contribution in [-0.4, -0.2) is 95.1 Å². The number of carbonyl (C=O) groups is 2. The van der Waals surface area contributed by atoms with Crippen molar-refractivity contribution < 1.29 is 33.3 Å². The van der Waals surface area contributed by atoms with E-state index < -0.39 is 11.4 Å². The van der Waals surface area contributed by atoms with Crippen molar-refractivity contribution in [1.29, 1.82) is 0 Å². The van der Waals surface area contributed by atoms with Crippen LogP contribution < -0.4 is 29.0 Å². The highest BCUT2D eigenvalue weighted by molar-refractivity contribution is 7.99. The maximum absolute atomic E-state index is 14.2. The zero-order chi connectivity index (χ0) is 28.6. The van der Waals surface area contributed by atoms with Gasteiger partial charge >= 0.3 is 0 Å². The summed E-state index contributed by atoms with van der Waals surface area (Å²) in [7, 11) is 7.66. The van der Waals surface area contributed by atoms with Gasteiger partial charge in [-0.1, -0.05) is 12.5 Å². The minimum absolute atomic E-state index is 0.173. The van der Waals surface area contributed by atoms with E-state index in [1.165, 1.54) is 52.4 Å². The van der Waals surface area contributed by atoms with Gasteiger partial charge in [0.2, 0.25) is 11.7 Å². The molecule has 0 bridgehead atoms. The number of methoxy groups -OCH3 is 5. The fourth-order valence-corrected chi connectivity index (χ4v) is 6.63. The van der Waals surface area contributed by atoms with Gasteiger partial charge in [0.25, 0.3) is 5.91 Å². The van der Waals surface area contributed by atoms with E-state index >= 15 is 0 Å². The van der Waals surface area contributed by atoms with Gasteiger partial charge in [-0.15, -0.1) is 11.8 Å². The lowest BCUT2D eigenvalue weighted by Crippen LogP contribution is -2.49. The molecule has 4 rings (SSSR count). The normalized spacial score (nSPS) is 19.2. The summed E-state index contributed by atoms with van der Waals surface area (Å²) in [5.74, 6) is 2.21. The quantitative estimate of drug-likeness (QED) is 0.432. The first kappa shape index (κ1) is 29.7. The van der Waals surface area contributed by atoms with Crippen molar-refractivity contribution in [2.24, 2.45) is 0 Å². The van der Waals surface area contributed by atoms with Gasteiger partial charge in [0.1, 0.15) is 11.4 Å². The zero-order valence-corrected chi connectivity index (χ0v) is 24.7. The van der Waals surface area contributed by atoms with Crippen molar-refractivity contribution in [3.63, 3.8) is 0 Å². The van der Waals surface area contributed by atoms with Gasteiger partial charge in [0, 0.05) is 24.4 Å². The fraction of sp³-hybridized carbons (Fsp3) is 0.517. The van der Waals surface area contributed by atoms with Gasteiger partial charge in [-0.05, 0) is 55.8 Å². The van der Waals surface area contributed by atoms with Crippen LogP contribution in [0.25, 0.3) is 0 Å². The summed E-state index contributed by atoms with van der Waals surface area (Å²) in [4.78, 5) is 31.7. The molecule has 0 spiro atoms. The van der Waals surface area contributed by atoms with Crippen molar-refractivity contribution >= 4 is 23.6 Å². The van der Waals surface area contributed by atoms with E-state index in [0.717, 1.165) is 25.2 Å². The highest BCUT2D eigenvalue weighted by Crippen LogP contribution is 2.46. The summed E-state index contributed by atoms with van der Waals surface area (Å²) >= 11 is 1.54. The van der Waals surface area contributed by atoms with E-state index in [2.05, 4.69) is 10.2 Å². The lowest BCUT2D eigenvalue weighted by molar-refractivity contribution is -0.124. The molecule has 218 valence electrons. The molecule has 40 heavy (non-hydrogen) atoms. The summed E-state index contributed by atoms with van der Waals surface area (Å²) in [6.45, 7) is 3.45. The average molecular weight is 574 g/mol.